The van der Waals surface area contributed by atoms with E-state index in [4.69, 9.17) is 0 Å². The molecular weight excluding hydrogens is 314 g/mol. The van der Waals surface area contributed by atoms with Gasteiger partial charge < -0.3 is 10.2 Å². The van der Waals surface area contributed by atoms with E-state index in [1.165, 1.54) is 11.3 Å². The zero-order chi connectivity index (χ0) is 13.0. The Kier molecular flexibility index (Phi) is 4.50. The molecule has 0 aliphatic heterocycles. The number of hydrogen-bond donors (Lipinski definition) is 2. The van der Waals surface area contributed by atoms with Crippen LogP contribution in [0, 0.1) is 0 Å². The number of benzene rings is 1. The minimum absolute atomic E-state index is 0.107. The van der Waals surface area contributed by atoms with Crippen molar-refractivity contribution in [1.29, 1.82) is 0 Å². The maximum absolute atomic E-state index is 9.76. The first kappa shape index (κ1) is 13.7. The maximum atomic E-state index is 9.76. The molecule has 5 heteroatoms. The van der Waals surface area contributed by atoms with Gasteiger partial charge >= 0.3 is 0 Å². The van der Waals surface area contributed by atoms with E-state index >= 15 is 0 Å². The molecule has 1 aromatic carbocycles. The number of rotatable bonds is 5. The fourth-order valence-corrected chi connectivity index (χ4v) is 3.43. The van der Waals surface area contributed by atoms with Crippen molar-refractivity contribution >= 4 is 27.3 Å². The van der Waals surface area contributed by atoms with E-state index in [0.29, 0.717) is 6.42 Å². The van der Waals surface area contributed by atoms with Crippen LogP contribution in [-0.2, 0) is 11.8 Å². The first-order valence-electron chi connectivity index (χ1n) is 5.56. The topological polar surface area (TPSA) is 53.4 Å². The summed E-state index contributed by atoms with van der Waals surface area (Å²) in [4.78, 5) is 5.08. The number of aliphatic hydroxyl groups excluding tert-OH is 2. The Morgan fingerprint density at radius 1 is 1.22 bits per heavy atom. The van der Waals surface area contributed by atoms with E-state index in [1.54, 1.807) is 11.7 Å². The molecule has 2 N–H and O–H groups in total. The lowest BCUT2D eigenvalue weighted by atomic mass is 9.78. The van der Waals surface area contributed by atoms with Gasteiger partial charge in [-0.05, 0) is 18.1 Å². The highest BCUT2D eigenvalue weighted by Gasteiger charge is 2.33. The van der Waals surface area contributed by atoms with Crippen molar-refractivity contribution in [3.8, 4) is 0 Å². The van der Waals surface area contributed by atoms with Gasteiger partial charge in [0.15, 0.2) is 0 Å². The van der Waals surface area contributed by atoms with E-state index < -0.39 is 5.41 Å². The third kappa shape index (κ3) is 2.64. The molecule has 96 valence electrons. The van der Waals surface area contributed by atoms with Crippen molar-refractivity contribution in [2.75, 3.05) is 13.2 Å². The third-order valence-corrected chi connectivity index (χ3v) is 4.52. The Hall–Kier alpha value is -0.750. The van der Waals surface area contributed by atoms with Crippen molar-refractivity contribution < 1.29 is 10.2 Å². The summed E-state index contributed by atoms with van der Waals surface area (Å²) >= 11 is 5.02. The fourth-order valence-electron chi connectivity index (χ4n) is 1.98. The zero-order valence-electron chi connectivity index (χ0n) is 9.71. The van der Waals surface area contributed by atoms with Crippen LogP contribution in [0.15, 0.2) is 40.4 Å². The smallest absolute Gasteiger partial charge is 0.0794 e. The Morgan fingerprint density at radius 2 is 1.94 bits per heavy atom. The van der Waals surface area contributed by atoms with E-state index in [-0.39, 0.29) is 13.2 Å². The van der Waals surface area contributed by atoms with Crippen LogP contribution in [-0.4, -0.2) is 28.4 Å². The third-order valence-electron chi connectivity index (χ3n) is 3.05. The first-order chi connectivity index (χ1) is 8.72. The van der Waals surface area contributed by atoms with Crippen LogP contribution in [0.2, 0.25) is 0 Å². The molecule has 1 heterocycles. The van der Waals surface area contributed by atoms with Gasteiger partial charge in [-0.25, -0.2) is 0 Å². The lowest BCUT2D eigenvalue weighted by Gasteiger charge is -2.30. The van der Waals surface area contributed by atoms with E-state index in [0.717, 1.165) is 14.9 Å². The summed E-state index contributed by atoms with van der Waals surface area (Å²) in [5, 5.41) is 19.5. The molecule has 18 heavy (non-hydrogen) atoms. The summed E-state index contributed by atoms with van der Waals surface area (Å²) in [6, 6.07) is 7.67. The van der Waals surface area contributed by atoms with Gasteiger partial charge in [-0.15, -0.1) is 11.3 Å². The van der Waals surface area contributed by atoms with E-state index in [9.17, 15) is 10.2 Å². The predicted molar refractivity (Wildman–Crippen MR) is 75.8 cm³/mol. The fraction of sp³-hybridized carbons (Fsp3) is 0.308. The van der Waals surface area contributed by atoms with Crippen LogP contribution in [0.3, 0.4) is 0 Å². The Morgan fingerprint density at radius 3 is 2.50 bits per heavy atom. The zero-order valence-corrected chi connectivity index (χ0v) is 12.1. The monoisotopic (exact) mass is 327 g/mol. The molecule has 1 aromatic heterocycles. The van der Waals surface area contributed by atoms with Gasteiger partial charge in [0, 0.05) is 21.0 Å². The molecule has 2 rings (SSSR count). The van der Waals surface area contributed by atoms with Crippen LogP contribution in [0.5, 0.6) is 0 Å². The summed E-state index contributed by atoms with van der Waals surface area (Å²) in [6.07, 6.45) is 2.36. The predicted octanol–water partition coefficient (Wildman–Crippen LogP) is 2.37. The van der Waals surface area contributed by atoms with Gasteiger partial charge in [0.25, 0.3) is 0 Å². The molecule has 0 amide bonds. The second-order valence-electron chi connectivity index (χ2n) is 4.22. The highest BCUT2D eigenvalue weighted by molar-refractivity contribution is 9.10. The summed E-state index contributed by atoms with van der Waals surface area (Å²) in [5.74, 6) is 0. The Labute approximate surface area is 118 Å². The average molecular weight is 328 g/mol. The van der Waals surface area contributed by atoms with Gasteiger partial charge in [0.1, 0.15) is 0 Å². The van der Waals surface area contributed by atoms with Gasteiger partial charge in [0.05, 0.1) is 18.7 Å². The molecule has 2 aromatic rings. The van der Waals surface area contributed by atoms with Crippen molar-refractivity contribution in [2.24, 2.45) is 0 Å². The van der Waals surface area contributed by atoms with Crippen LogP contribution in [0.4, 0.5) is 0 Å². The highest BCUT2D eigenvalue weighted by Crippen LogP contribution is 2.34. The molecular formula is C13H14BrNO2S. The van der Waals surface area contributed by atoms with Crippen molar-refractivity contribution in [3.05, 3.63) is 50.9 Å². The quantitative estimate of drug-likeness (QED) is 0.886. The summed E-state index contributed by atoms with van der Waals surface area (Å²) in [5.41, 5.74) is 2.00. The van der Waals surface area contributed by atoms with Crippen molar-refractivity contribution in [2.45, 2.75) is 11.8 Å². The van der Waals surface area contributed by atoms with Crippen molar-refractivity contribution in [3.63, 3.8) is 0 Å². The second-order valence-corrected chi connectivity index (χ2v) is 6.05. The van der Waals surface area contributed by atoms with Crippen LogP contribution < -0.4 is 0 Å². The SMILES string of the molecule is OCC(CO)(Cc1cncs1)c1ccccc1Br. The Balaban J connectivity index is 2.40. The minimum atomic E-state index is -0.674. The Bertz CT molecular complexity index is 497. The number of halogens is 1. The molecule has 0 spiro atoms. The van der Waals surface area contributed by atoms with Gasteiger partial charge in [-0.3, -0.25) is 4.98 Å². The van der Waals surface area contributed by atoms with Gasteiger partial charge in [-0.2, -0.15) is 0 Å². The summed E-state index contributed by atoms with van der Waals surface area (Å²) in [7, 11) is 0. The molecule has 0 saturated carbocycles. The first-order valence-corrected chi connectivity index (χ1v) is 7.23. The van der Waals surface area contributed by atoms with Crippen LogP contribution in [0.25, 0.3) is 0 Å². The number of nitrogens with zero attached hydrogens (tertiary/aromatic N) is 1. The van der Waals surface area contributed by atoms with E-state index in [1.807, 2.05) is 24.3 Å². The number of thiazole rings is 1. The number of aliphatic hydroxyl groups is 2. The van der Waals surface area contributed by atoms with Gasteiger partial charge in [-0.1, -0.05) is 34.1 Å². The molecule has 3 nitrogen and oxygen atoms in total. The molecule has 0 fully saturated rings. The van der Waals surface area contributed by atoms with E-state index in [2.05, 4.69) is 20.9 Å². The molecule has 0 radical (unpaired) electrons. The molecule has 0 aliphatic carbocycles. The standard InChI is InChI=1S/C13H14BrNO2S/c14-12-4-2-1-3-11(12)13(7-16,8-17)5-10-6-15-9-18-10/h1-4,6,9,16-17H,5,7-8H2. The average Bonchev–Trinajstić information content (AvgIpc) is 2.90. The molecule has 0 saturated heterocycles. The second kappa shape index (κ2) is 5.93. The van der Waals surface area contributed by atoms with Crippen molar-refractivity contribution in [1.82, 2.24) is 4.98 Å². The minimum Gasteiger partial charge on any atom is -0.395 e. The molecule has 0 unspecified atom stereocenters. The highest BCUT2D eigenvalue weighted by atomic mass is 79.9. The lowest BCUT2D eigenvalue weighted by molar-refractivity contribution is 0.116. The summed E-state index contributed by atoms with van der Waals surface area (Å²) < 4.78 is 0.901. The lowest BCUT2D eigenvalue weighted by Crippen LogP contribution is -2.37. The van der Waals surface area contributed by atoms with Gasteiger partial charge in [0.2, 0.25) is 0 Å². The largest absolute Gasteiger partial charge is 0.395 e. The van der Waals surface area contributed by atoms with Crippen LogP contribution in [0.1, 0.15) is 10.4 Å². The maximum Gasteiger partial charge on any atom is 0.0794 e. The molecule has 0 bridgehead atoms. The normalized spacial score (nSPS) is 11.7. The molecule has 0 aliphatic rings. The number of hydrogen-bond acceptors (Lipinski definition) is 4. The number of aromatic nitrogens is 1. The molecule has 0 atom stereocenters. The van der Waals surface area contributed by atoms with Crippen LogP contribution >= 0.6 is 27.3 Å². The summed E-state index contributed by atoms with van der Waals surface area (Å²) in [6.45, 7) is -0.214.